The molecule has 6 heteroatoms. The first-order valence-electron chi connectivity index (χ1n) is 7.98. The maximum atomic E-state index is 5.49. The predicted molar refractivity (Wildman–Crippen MR) is 98.7 cm³/mol. The number of anilines is 1. The van der Waals surface area contributed by atoms with Crippen molar-refractivity contribution in [3.8, 4) is 11.4 Å². The fourth-order valence-electron chi connectivity index (χ4n) is 2.36. The van der Waals surface area contributed by atoms with Crippen LogP contribution in [0.1, 0.15) is 6.42 Å². The average molecular weight is 343 g/mol. The van der Waals surface area contributed by atoms with Gasteiger partial charge in [-0.2, -0.15) is 11.3 Å². The van der Waals surface area contributed by atoms with Crippen molar-refractivity contribution in [1.29, 1.82) is 0 Å². The van der Waals surface area contributed by atoms with E-state index in [9.17, 15) is 0 Å². The minimum absolute atomic E-state index is 0.633. The van der Waals surface area contributed by atoms with Gasteiger partial charge in [0.05, 0.1) is 18.7 Å². The largest absolute Gasteiger partial charge is 0.382 e. The summed E-state index contributed by atoms with van der Waals surface area (Å²) in [5.41, 5.74) is 2.00. The molecule has 0 saturated carbocycles. The van der Waals surface area contributed by atoms with Gasteiger partial charge in [0.1, 0.15) is 5.82 Å². The number of hydrogen-bond donors (Lipinski definition) is 1. The molecule has 1 N–H and O–H groups in total. The summed E-state index contributed by atoms with van der Waals surface area (Å²) in [5.74, 6) is 1.63. The quantitative estimate of drug-likeness (QED) is 0.599. The highest BCUT2D eigenvalue weighted by Crippen LogP contribution is 2.25. The summed E-state index contributed by atoms with van der Waals surface area (Å²) in [6.45, 7) is 2.77. The number of hydrogen-bond acceptors (Lipinski definition) is 6. The molecule has 0 atom stereocenters. The maximum absolute atomic E-state index is 5.49. The molecule has 0 fully saturated rings. The Hall–Kier alpha value is -2.02. The van der Waals surface area contributed by atoms with Crippen molar-refractivity contribution in [2.24, 2.45) is 0 Å². The number of methoxy groups -OCH3 is 1. The van der Waals surface area contributed by atoms with Crippen LogP contribution in [0.5, 0.6) is 0 Å². The lowest BCUT2D eigenvalue weighted by molar-refractivity contribution is 0.0705. The third kappa shape index (κ3) is 4.29. The SMILES string of the molecule is COCCOCCCNc1nc(-c2ccsc2)nc2ccccc12. The second kappa shape index (κ2) is 8.73. The number of nitrogens with one attached hydrogen (secondary N) is 1. The van der Waals surface area contributed by atoms with Crippen LogP contribution in [0.4, 0.5) is 5.82 Å². The van der Waals surface area contributed by atoms with Crippen LogP contribution in [0, 0.1) is 0 Å². The molecule has 0 aliphatic rings. The zero-order valence-corrected chi connectivity index (χ0v) is 14.5. The van der Waals surface area contributed by atoms with Gasteiger partial charge < -0.3 is 14.8 Å². The van der Waals surface area contributed by atoms with Gasteiger partial charge in [0.25, 0.3) is 0 Å². The summed E-state index contributed by atoms with van der Waals surface area (Å²) < 4.78 is 10.4. The van der Waals surface area contributed by atoms with E-state index in [1.807, 2.05) is 35.7 Å². The van der Waals surface area contributed by atoms with Gasteiger partial charge in [0.2, 0.25) is 0 Å². The second-order valence-corrected chi connectivity index (χ2v) is 6.09. The monoisotopic (exact) mass is 343 g/mol. The van der Waals surface area contributed by atoms with Crippen molar-refractivity contribution >= 4 is 28.1 Å². The highest BCUT2D eigenvalue weighted by Gasteiger charge is 2.09. The van der Waals surface area contributed by atoms with Crippen LogP contribution in [0.2, 0.25) is 0 Å². The van der Waals surface area contributed by atoms with E-state index in [1.165, 1.54) is 0 Å². The minimum atomic E-state index is 0.633. The molecule has 3 aromatic rings. The van der Waals surface area contributed by atoms with E-state index in [0.29, 0.717) is 19.8 Å². The van der Waals surface area contributed by atoms with E-state index in [1.54, 1.807) is 18.4 Å². The van der Waals surface area contributed by atoms with Crippen LogP contribution in [0.25, 0.3) is 22.3 Å². The second-order valence-electron chi connectivity index (χ2n) is 5.31. The summed E-state index contributed by atoms with van der Waals surface area (Å²) >= 11 is 1.65. The smallest absolute Gasteiger partial charge is 0.162 e. The average Bonchev–Trinajstić information content (AvgIpc) is 3.15. The maximum Gasteiger partial charge on any atom is 0.162 e. The van der Waals surface area contributed by atoms with E-state index in [-0.39, 0.29) is 0 Å². The standard InChI is InChI=1S/C18H21N3O2S/c1-22-10-11-23-9-4-8-19-18-15-5-2-3-6-16(15)20-17(21-18)14-7-12-24-13-14/h2-3,5-7,12-13H,4,8-11H2,1H3,(H,19,20,21). The number of para-hydroxylation sites is 1. The Morgan fingerprint density at radius 2 is 2.00 bits per heavy atom. The number of thiophene rings is 1. The topological polar surface area (TPSA) is 56.3 Å². The summed E-state index contributed by atoms with van der Waals surface area (Å²) in [5, 5.41) is 8.57. The lowest BCUT2D eigenvalue weighted by Gasteiger charge is -2.10. The van der Waals surface area contributed by atoms with Crippen molar-refractivity contribution in [2.75, 3.05) is 38.8 Å². The van der Waals surface area contributed by atoms with Gasteiger partial charge in [-0.1, -0.05) is 12.1 Å². The first kappa shape index (κ1) is 16.8. The first-order chi connectivity index (χ1) is 11.9. The molecule has 2 heterocycles. The van der Waals surface area contributed by atoms with Gasteiger partial charge in [-0.15, -0.1) is 0 Å². The van der Waals surface area contributed by atoms with E-state index >= 15 is 0 Å². The third-order valence-electron chi connectivity index (χ3n) is 3.57. The zero-order valence-electron chi connectivity index (χ0n) is 13.7. The molecule has 126 valence electrons. The molecular weight excluding hydrogens is 322 g/mol. The Morgan fingerprint density at radius 3 is 2.83 bits per heavy atom. The molecule has 24 heavy (non-hydrogen) atoms. The van der Waals surface area contributed by atoms with Crippen LogP contribution in [-0.4, -0.2) is 43.4 Å². The molecule has 3 rings (SSSR count). The van der Waals surface area contributed by atoms with Crippen LogP contribution < -0.4 is 5.32 Å². The number of rotatable bonds is 9. The van der Waals surface area contributed by atoms with Gasteiger partial charge in [0, 0.05) is 36.6 Å². The molecule has 0 unspecified atom stereocenters. The van der Waals surface area contributed by atoms with E-state index in [2.05, 4.69) is 15.7 Å². The summed E-state index contributed by atoms with van der Waals surface area (Å²) in [6.07, 6.45) is 0.913. The molecule has 0 amide bonds. The highest BCUT2D eigenvalue weighted by molar-refractivity contribution is 7.08. The van der Waals surface area contributed by atoms with Crippen LogP contribution in [-0.2, 0) is 9.47 Å². The Balaban J connectivity index is 1.69. The Bertz CT molecular complexity index is 762. The van der Waals surface area contributed by atoms with Crippen molar-refractivity contribution < 1.29 is 9.47 Å². The molecule has 1 aromatic carbocycles. The molecule has 0 aliphatic carbocycles. The molecule has 0 bridgehead atoms. The lowest BCUT2D eigenvalue weighted by atomic mass is 10.2. The normalized spacial score (nSPS) is 11.0. The van der Waals surface area contributed by atoms with Gasteiger partial charge in [-0.05, 0) is 30.0 Å². The van der Waals surface area contributed by atoms with Crippen molar-refractivity contribution in [2.45, 2.75) is 6.42 Å². The van der Waals surface area contributed by atoms with Crippen LogP contribution in [0.15, 0.2) is 41.1 Å². The Labute approximate surface area is 145 Å². The van der Waals surface area contributed by atoms with E-state index in [4.69, 9.17) is 14.5 Å². The predicted octanol–water partition coefficient (Wildman–Crippen LogP) is 3.82. The number of fused-ring (bicyclic) bond motifs is 1. The first-order valence-corrected chi connectivity index (χ1v) is 8.92. The summed E-state index contributed by atoms with van der Waals surface area (Å²) in [7, 11) is 1.68. The number of nitrogens with zero attached hydrogens (tertiary/aromatic N) is 2. The van der Waals surface area contributed by atoms with Gasteiger partial charge in [-0.25, -0.2) is 9.97 Å². The molecule has 2 aromatic heterocycles. The van der Waals surface area contributed by atoms with Crippen LogP contribution in [0.3, 0.4) is 0 Å². The fraction of sp³-hybridized carbons (Fsp3) is 0.333. The van der Waals surface area contributed by atoms with E-state index < -0.39 is 0 Å². The van der Waals surface area contributed by atoms with Crippen LogP contribution >= 0.6 is 11.3 Å². The Morgan fingerprint density at radius 1 is 1.08 bits per heavy atom. The third-order valence-corrected chi connectivity index (χ3v) is 4.26. The fourth-order valence-corrected chi connectivity index (χ4v) is 2.99. The van der Waals surface area contributed by atoms with Gasteiger partial charge in [-0.3, -0.25) is 0 Å². The molecule has 0 spiro atoms. The molecule has 0 saturated heterocycles. The number of ether oxygens (including phenoxy) is 2. The zero-order chi connectivity index (χ0) is 16.6. The molecule has 0 aliphatic heterocycles. The van der Waals surface area contributed by atoms with E-state index in [0.717, 1.165) is 41.1 Å². The highest BCUT2D eigenvalue weighted by atomic mass is 32.1. The van der Waals surface area contributed by atoms with Gasteiger partial charge in [0.15, 0.2) is 5.82 Å². The molecule has 0 radical (unpaired) electrons. The molecular formula is C18H21N3O2S. The summed E-state index contributed by atoms with van der Waals surface area (Å²) in [4.78, 5) is 9.39. The lowest BCUT2D eigenvalue weighted by Crippen LogP contribution is -2.10. The molecule has 5 nitrogen and oxygen atoms in total. The van der Waals surface area contributed by atoms with Crippen molar-refractivity contribution in [3.63, 3.8) is 0 Å². The Kier molecular flexibility index (Phi) is 6.12. The number of aromatic nitrogens is 2. The summed E-state index contributed by atoms with van der Waals surface area (Å²) in [6, 6.07) is 10.1. The minimum Gasteiger partial charge on any atom is -0.382 e. The van der Waals surface area contributed by atoms with Crippen molar-refractivity contribution in [1.82, 2.24) is 9.97 Å². The number of benzene rings is 1. The van der Waals surface area contributed by atoms with Crippen molar-refractivity contribution in [3.05, 3.63) is 41.1 Å². The van der Waals surface area contributed by atoms with Gasteiger partial charge >= 0.3 is 0 Å².